The van der Waals surface area contributed by atoms with Crippen LogP contribution < -0.4 is 9.47 Å². The molecule has 0 spiro atoms. The number of aromatic hydroxyl groups is 1. The lowest BCUT2D eigenvalue weighted by Crippen LogP contribution is -2.19. The van der Waals surface area contributed by atoms with Crippen LogP contribution in [-0.2, 0) is 6.42 Å². The van der Waals surface area contributed by atoms with Crippen molar-refractivity contribution in [2.45, 2.75) is 19.4 Å². The molecule has 3 aromatic rings. The largest absolute Gasteiger partial charge is 0.508 e. The summed E-state index contributed by atoms with van der Waals surface area (Å²) in [5.41, 5.74) is 2.16. The van der Waals surface area contributed by atoms with Gasteiger partial charge in [0, 0.05) is 18.5 Å². The van der Waals surface area contributed by atoms with E-state index in [1.54, 1.807) is 19.1 Å². The van der Waals surface area contributed by atoms with Gasteiger partial charge < -0.3 is 24.6 Å². The van der Waals surface area contributed by atoms with Crippen LogP contribution in [0.4, 0.5) is 0 Å². The Labute approximate surface area is 172 Å². The van der Waals surface area contributed by atoms with Crippen molar-refractivity contribution in [3.63, 3.8) is 0 Å². The molecule has 5 nitrogen and oxygen atoms in total. The predicted molar refractivity (Wildman–Crippen MR) is 116 cm³/mol. The summed E-state index contributed by atoms with van der Waals surface area (Å²) in [7, 11) is 4.04. The second-order valence-corrected chi connectivity index (χ2v) is 7.58. The van der Waals surface area contributed by atoms with E-state index in [4.69, 9.17) is 9.47 Å². The fourth-order valence-electron chi connectivity index (χ4n) is 3.14. The number of benzene rings is 3. The zero-order chi connectivity index (χ0) is 20.8. The number of hydrogen-bond acceptors (Lipinski definition) is 5. The van der Waals surface area contributed by atoms with E-state index in [2.05, 4.69) is 17.0 Å². The zero-order valence-corrected chi connectivity index (χ0v) is 17.3. The molecule has 0 bridgehead atoms. The van der Waals surface area contributed by atoms with Gasteiger partial charge in [0.25, 0.3) is 0 Å². The van der Waals surface area contributed by atoms with Crippen LogP contribution >= 0.6 is 0 Å². The Kier molecular flexibility index (Phi) is 6.96. The maximum atomic E-state index is 9.81. The molecule has 1 atom stereocenters. The zero-order valence-electron chi connectivity index (χ0n) is 17.3. The number of nitrogens with zero attached hydrogens (tertiary/aromatic N) is 1. The molecule has 0 aliphatic heterocycles. The molecule has 0 saturated heterocycles. The lowest BCUT2D eigenvalue weighted by molar-refractivity contribution is 0.122. The molecule has 0 fully saturated rings. The number of hydrogen-bond donors (Lipinski definition) is 2. The molecule has 1 unspecified atom stereocenters. The summed E-state index contributed by atoms with van der Waals surface area (Å²) < 4.78 is 11.6. The van der Waals surface area contributed by atoms with Crippen LogP contribution in [0.15, 0.2) is 54.6 Å². The van der Waals surface area contributed by atoms with E-state index < -0.39 is 6.10 Å². The first-order valence-electron chi connectivity index (χ1n) is 9.84. The number of rotatable bonds is 9. The molecular weight excluding hydrogens is 366 g/mol. The van der Waals surface area contributed by atoms with Gasteiger partial charge in [-0.3, -0.25) is 0 Å². The predicted octanol–water partition coefficient (Wildman–Crippen LogP) is 3.84. The van der Waals surface area contributed by atoms with Crippen molar-refractivity contribution in [1.29, 1.82) is 0 Å². The number of ether oxygens (including phenoxy) is 2. The van der Waals surface area contributed by atoms with Crippen molar-refractivity contribution in [2.75, 3.05) is 33.9 Å². The Bertz CT molecular complexity index is 936. The quantitative estimate of drug-likeness (QED) is 0.576. The lowest BCUT2D eigenvalue weighted by Gasteiger charge is -2.16. The molecule has 0 aliphatic carbocycles. The van der Waals surface area contributed by atoms with Gasteiger partial charge in [0.1, 0.15) is 30.5 Å². The summed E-state index contributed by atoms with van der Waals surface area (Å²) in [5.74, 6) is 1.83. The number of fused-ring (bicyclic) bond motifs is 1. The van der Waals surface area contributed by atoms with Crippen LogP contribution in [0.1, 0.15) is 18.1 Å². The molecule has 0 heterocycles. The van der Waals surface area contributed by atoms with Gasteiger partial charge in [-0.2, -0.15) is 0 Å². The van der Waals surface area contributed by atoms with Crippen molar-refractivity contribution in [3.05, 3.63) is 65.7 Å². The molecule has 29 heavy (non-hydrogen) atoms. The highest BCUT2D eigenvalue weighted by molar-refractivity contribution is 5.89. The van der Waals surface area contributed by atoms with Gasteiger partial charge in [-0.25, -0.2) is 0 Å². The van der Waals surface area contributed by atoms with Gasteiger partial charge in [0.2, 0.25) is 0 Å². The highest BCUT2D eigenvalue weighted by atomic mass is 16.5. The average molecular weight is 395 g/mol. The number of aliphatic hydroxyl groups is 1. The van der Waals surface area contributed by atoms with Crippen LogP contribution in [0, 0.1) is 0 Å². The first-order valence-corrected chi connectivity index (χ1v) is 9.84. The third kappa shape index (κ3) is 5.86. The Morgan fingerprint density at radius 1 is 0.966 bits per heavy atom. The Morgan fingerprint density at radius 2 is 1.72 bits per heavy atom. The Hall–Kier alpha value is -2.76. The van der Waals surface area contributed by atoms with Gasteiger partial charge in [-0.05, 0) is 67.7 Å². The van der Waals surface area contributed by atoms with Crippen LogP contribution in [0.5, 0.6) is 17.2 Å². The van der Waals surface area contributed by atoms with Crippen LogP contribution in [-0.4, -0.2) is 55.1 Å². The van der Waals surface area contributed by atoms with Gasteiger partial charge in [0.05, 0.1) is 6.10 Å². The van der Waals surface area contributed by atoms with Crippen molar-refractivity contribution in [2.24, 2.45) is 0 Å². The van der Waals surface area contributed by atoms with Gasteiger partial charge in [-0.1, -0.05) is 24.3 Å². The van der Waals surface area contributed by atoms with E-state index in [0.29, 0.717) is 13.0 Å². The van der Waals surface area contributed by atoms with Crippen LogP contribution in [0.25, 0.3) is 10.8 Å². The maximum Gasteiger partial charge on any atom is 0.123 e. The maximum absolute atomic E-state index is 9.81. The summed E-state index contributed by atoms with van der Waals surface area (Å²) in [6.07, 6.45) is 0.131. The standard InChI is InChI=1S/C24H29NO4/c1-17(26)16-29-24-11-6-19-15-20(27)7-10-22(19)23(24)14-18-4-8-21(9-5-18)28-13-12-25(2)3/h4-11,15,17,26-27H,12-14,16H2,1-3H3. The second kappa shape index (κ2) is 9.63. The average Bonchev–Trinajstić information content (AvgIpc) is 2.68. The summed E-state index contributed by atoms with van der Waals surface area (Å²) in [6.45, 7) is 3.45. The smallest absolute Gasteiger partial charge is 0.123 e. The summed E-state index contributed by atoms with van der Waals surface area (Å²) in [6, 6.07) is 17.3. The first-order chi connectivity index (χ1) is 13.9. The van der Waals surface area contributed by atoms with Gasteiger partial charge in [0.15, 0.2) is 0 Å². The molecule has 0 amide bonds. The van der Waals surface area contributed by atoms with E-state index >= 15 is 0 Å². The van der Waals surface area contributed by atoms with E-state index in [-0.39, 0.29) is 12.4 Å². The molecule has 3 rings (SSSR count). The number of likely N-dealkylation sites (N-methyl/N-ethyl adjacent to an activating group) is 1. The summed E-state index contributed by atoms with van der Waals surface area (Å²) >= 11 is 0. The van der Waals surface area contributed by atoms with Crippen LogP contribution in [0.3, 0.4) is 0 Å². The topological polar surface area (TPSA) is 62.2 Å². The highest BCUT2D eigenvalue weighted by Gasteiger charge is 2.12. The van der Waals surface area contributed by atoms with E-state index in [1.807, 2.05) is 44.4 Å². The Balaban J connectivity index is 1.84. The van der Waals surface area contributed by atoms with Gasteiger partial charge in [-0.15, -0.1) is 0 Å². The molecule has 2 N–H and O–H groups in total. The number of phenols is 1. The highest BCUT2D eigenvalue weighted by Crippen LogP contribution is 2.32. The van der Waals surface area contributed by atoms with E-state index in [9.17, 15) is 10.2 Å². The van der Waals surface area contributed by atoms with Gasteiger partial charge >= 0.3 is 0 Å². The van der Waals surface area contributed by atoms with Crippen molar-refractivity contribution in [3.8, 4) is 17.2 Å². The molecule has 5 heteroatoms. The number of aliphatic hydroxyl groups excluding tert-OH is 1. The minimum Gasteiger partial charge on any atom is -0.508 e. The Morgan fingerprint density at radius 3 is 2.41 bits per heavy atom. The molecule has 0 saturated carbocycles. The molecule has 0 aliphatic rings. The molecule has 154 valence electrons. The molecular formula is C24H29NO4. The third-order valence-electron chi connectivity index (χ3n) is 4.66. The minimum absolute atomic E-state index is 0.231. The van der Waals surface area contributed by atoms with Crippen molar-refractivity contribution < 1.29 is 19.7 Å². The normalized spacial score (nSPS) is 12.3. The third-order valence-corrected chi connectivity index (χ3v) is 4.66. The van der Waals surface area contributed by atoms with E-state index in [0.717, 1.165) is 39.9 Å². The fraction of sp³-hybridized carbons (Fsp3) is 0.333. The summed E-state index contributed by atoms with van der Waals surface area (Å²) in [5, 5.41) is 21.4. The molecule has 0 aromatic heterocycles. The van der Waals surface area contributed by atoms with E-state index in [1.165, 1.54) is 0 Å². The summed E-state index contributed by atoms with van der Waals surface area (Å²) in [4.78, 5) is 2.08. The monoisotopic (exact) mass is 395 g/mol. The molecule has 0 radical (unpaired) electrons. The van der Waals surface area contributed by atoms with Crippen molar-refractivity contribution in [1.82, 2.24) is 4.90 Å². The molecule has 3 aromatic carbocycles. The SMILES string of the molecule is CC(O)COc1ccc2cc(O)ccc2c1Cc1ccc(OCCN(C)C)cc1. The second-order valence-electron chi connectivity index (χ2n) is 7.58. The van der Waals surface area contributed by atoms with Crippen LogP contribution in [0.2, 0.25) is 0 Å². The number of phenolic OH excluding ortho intramolecular Hbond substituents is 1. The van der Waals surface area contributed by atoms with Crippen molar-refractivity contribution >= 4 is 10.8 Å². The lowest BCUT2D eigenvalue weighted by atomic mass is 9.97. The minimum atomic E-state index is -0.544. The fourth-order valence-corrected chi connectivity index (χ4v) is 3.14. The first kappa shape index (κ1) is 21.0.